The molecule has 2 fully saturated rings. The van der Waals surface area contributed by atoms with Crippen molar-refractivity contribution in [2.24, 2.45) is 17.8 Å². The molecule has 6 heteroatoms. The molecule has 0 aliphatic heterocycles. The normalized spacial score (nSPS) is 27.8. The molecule has 0 radical (unpaired) electrons. The van der Waals surface area contributed by atoms with Gasteiger partial charge in [0.15, 0.2) is 5.11 Å². The first kappa shape index (κ1) is 17.3. The van der Waals surface area contributed by atoms with Crippen molar-refractivity contribution >= 4 is 39.6 Å². The van der Waals surface area contributed by atoms with Crippen molar-refractivity contribution in [3.8, 4) is 0 Å². The first-order valence-corrected chi connectivity index (χ1v) is 10.6. The maximum atomic E-state index is 12.2. The predicted molar refractivity (Wildman–Crippen MR) is 105 cm³/mol. The van der Waals surface area contributed by atoms with E-state index in [4.69, 9.17) is 17.0 Å². The van der Waals surface area contributed by atoms with Crippen LogP contribution in [0, 0.1) is 17.8 Å². The minimum absolute atomic E-state index is 0.258. The molecule has 4 nitrogen and oxygen atoms in total. The molecular weight excluding hydrogens is 352 g/mol. The van der Waals surface area contributed by atoms with E-state index in [1.54, 1.807) is 11.3 Å². The average Bonchev–Trinajstić information content (AvgIpc) is 3.34. The Morgan fingerprint density at radius 1 is 1.32 bits per heavy atom. The third-order valence-electron chi connectivity index (χ3n) is 6.33. The summed E-state index contributed by atoms with van der Waals surface area (Å²) in [5, 5.41) is 8.24. The van der Waals surface area contributed by atoms with Crippen LogP contribution in [0.4, 0.5) is 5.00 Å². The lowest BCUT2D eigenvalue weighted by Crippen LogP contribution is -2.42. The molecule has 0 amide bonds. The van der Waals surface area contributed by atoms with Gasteiger partial charge >= 0.3 is 5.97 Å². The molecule has 2 bridgehead atoms. The number of hydrogen-bond donors (Lipinski definition) is 2. The van der Waals surface area contributed by atoms with Crippen LogP contribution in [0.1, 0.15) is 59.8 Å². The van der Waals surface area contributed by atoms with Gasteiger partial charge in [0, 0.05) is 10.9 Å². The van der Waals surface area contributed by atoms with Crippen LogP contribution in [-0.2, 0) is 17.6 Å². The predicted octanol–water partition coefficient (Wildman–Crippen LogP) is 4.13. The van der Waals surface area contributed by atoms with Crippen LogP contribution in [0.2, 0.25) is 0 Å². The Morgan fingerprint density at radius 2 is 2.16 bits per heavy atom. The summed E-state index contributed by atoms with van der Waals surface area (Å²) in [5.41, 5.74) is 1.85. The van der Waals surface area contributed by atoms with Crippen LogP contribution >= 0.6 is 23.6 Å². The van der Waals surface area contributed by atoms with Gasteiger partial charge < -0.3 is 15.4 Å². The van der Waals surface area contributed by atoms with E-state index in [1.165, 1.54) is 37.7 Å². The summed E-state index contributed by atoms with van der Waals surface area (Å²) in [5.74, 6) is 2.27. The lowest BCUT2D eigenvalue weighted by atomic mass is 9.84. The maximum absolute atomic E-state index is 12.2. The van der Waals surface area contributed by atoms with Crippen molar-refractivity contribution < 1.29 is 9.53 Å². The van der Waals surface area contributed by atoms with E-state index < -0.39 is 0 Å². The second kappa shape index (κ2) is 6.88. The Hall–Kier alpha value is -1.14. The standard InChI is InChI=1S/C19H26N2O2S2/c1-10(14-9-11-6-7-12(14)8-11)20-19(24)21-17-16(18(22)23-2)13-4-3-5-15(13)25-17/h10-12,14H,3-9H2,1-2H3,(H2,20,21,24). The number of rotatable bonds is 4. The zero-order valence-electron chi connectivity index (χ0n) is 14.9. The number of thiophene rings is 1. The van der Waals surface area contributed by atoms with E-state index in [9.17, 15) is 4.79 Å². The first-order chi connectivity index (χ1) is 12.1. The molecule has 0 spiro atoms. The van der Waals surface area contributed by atoms with Gasteiger partial charge in [0.1, 0.15) is 5.00 Å². The van der Waals surface area contributed by atoms with Crippen LogP contribution in [0.15, 0.2) is 0 Å². The molecule has 4 unspecified atom stereocenters. The Labute approximate surface area is 158 Å². The largest absolute Gasteiger partial charge is 0.465 e. The van der Waals surface area contributed by atoms with Gasteiger partial charge in [0.05, 0.1) is 12.7 Å². The van der Waals surface area contributed by atoms with Crippen LogP contribution in [0.25, 0.3) is 0 Å². The number of hydrogen-bond acceptors (Lipinski definition) is 4. The molecule has 1 heterocycles. The van der Waals surface area contributed by atoms with Crippen molar-refractivity contribution in [2.75, 3.05) is 12.4 Å². The Morgan fingerprint density at radius 3 is 2.84 bits per heavy atom. The molecule has 3 aliphatic rings. The summed E-state index contributed by atoms with van der Waals surface area (Å²) in [6.07, 6.45) is 8.66. The Kier molecular flexibility index (Phi) is 4.75. The second-order valence-electron chi connectivity index (χ2n) is 7.78. The molecule has 1 aromatic heterocycles. The van der Waals surface area contributed by atoms with Crippen molar-refractivity contribution in [2.45, 2.75) is 57.9 Å². The van der Waals surface area contributed by atoms with Crippen molar-refractivity contribution in [3.63, 3.8) is 0 Å². The fourth-order valence-corrected chi connectivity index (χ4v) is 6.80. The highest BCUT2D eigenvalue weighted by Gasteiger charge is 2.42. The van der Waals surface area contributed by atoms with Crippen LogP contribution in [-0.4, -0.2) is 24.2 Å². The third kappa shape index (κ3) is 3.19. The summed E-state index contributed by atoms with van der Waals surface area (Å²) in [7, 11) is 1.44. The van der Waals surface area contributed by atoms with Crippen LogP contribution in [0.5, 0.6) is 0 Å². The fourth-order valence-electron chi connectivity index (χ4n) is 5.17. The summed E-state index contributed by atoms with van der Waals surface area (Å²) < 4.78 is 5.00. The van der Waals surface area contributed by atoms with E-state index in [2.05, 4.69) is 17.6 Å². The molecule has 2 N–H and O–H groups in total. The topological polar surface area (TPSA) is 50.4 Å². The monoisotopic (exact) mass is 378 g/mol. The molecule has 25 heavy (non-hydrogen) atoms. The highest BCUT2D eigenvalue weighted by Crippen LogP contribution is 2.49. The minimum atomic E-state index is -0.258. The Balaban J connectivity index is 1.43. The van der Waals surface area contributed by atoms with Gasteiger partial charge in [0.2, 0.25) is 0 Å². The van der Waals surface area contributed by atoms with E-state index in [0.29, 0.717) is 16.7 Å². The molecule has 0 saturated heterocycles. The molecule has 1 aromatic rings. The highest BCUT2D eigenvalue weighted by atomic mass is 32.1. The van der Waals surface area contributed by atoms with E-state index in [0.717, 1.165) is 47.6 Å². The first-order valence-electron chi connectivity index (χ1n) is 9.37. The van der Waals surface area contributed by atoms with Crippen molar-refractivity contribution in [3.05, 3.63) is 16.0 Å². The SMILES string of the molecule is COC(=O)c1c(NC(=S)NC(C)C2CC3CCC2C3)sc2c1CCC2. The number of thiocarbonyl (C=S) groups is 1. The second-order valence-corrected chi connectivity index (χ2v) is 9.29. The zero-order valence-corrected chi connectivity index (χ0v) is 16.5. The van der Waals surface area contributed by atoms with E-state index in [-0.39, 0.29) is 5.97 Å². The van der Waals surface area contributed by atoms with Gasteiger partial charge in [-0.05, 0) is 81.0 Å². The highest BCUT2D eigenvalue weighted by molar-refractivity contribution is 7.80. The third-order valence-corrected chi connectivity index (χ3v) is 7.76. The number of carbonyl (C=O) groups excluding carboxylic acids is 1. The number of fused-ring (bicyclic) bond motifs is 3. The summed E-state index contributed by atoms with van der Waals surface area (Å²) in [4.78, 5) is 13.5. The lowest BCUT2D eigenvalue weighted by molar-refractivity contribution is 0.0601. The van der Waals surface area contributed by atoms with Crippen LogP contribution < -0.4 is 10.6 Å². The molecular formula is C19H26N2O2S2. The molecule has 3 aliphatic carbocycles. The number of nitrogens with one attached hydrogen (secondary N) is 2. The van der Waals surface area contributed by atoms with Crippen LogP contribution in [0.3, 0.4) is 0 Å². The molecule has 136 valence electrons. The van der Waals surface area contributed by atoms with Gasteiger partial charge in [-0.3, -0.25) is 0 Å². The van der Waals surface area contributed by atoms with Gasteiger partial charge in [-0.2, -0.15) is 0 Å². The summed E-state index contributed by atoms with van der Waals surface area (Å²) in [6, 6.07) is 0.378. The average molecular weight is 379 g/mol. The molecule has 4 atom stereocenters. The Bertz CT molecular complexity index is 700. The zero-order chi connectivity index (χ0) is 17.6. The van der Waals surface area contributed by atoms with E-state index in [1.807, 2.05) is 0 Å². The fraction of sp³-hybridized carbons (Fsp3) is 0.684. The molecule has 2 saturated carbocycles. The number of esters is 1. The van der Waals surface area contributed by atoms with Crippen molar-refractivity contribution in [1.82, 2.24) is 5.32 Å². The number of methoxy groups -OCH3 is 1. The summed E-state index contributed by atoms with van der Waals surface area (Å²) >= 11 is 7.21. The minimum Gasteiger partial charge on any atom is -0.465 e. The van der Waals surface area contributed by atoms with Gasteiger partial charge in [-0.1, -0.05) is 6.42 Å². The van der Waals surface area contributed by atoms with E-state index >= 15 is 0 Å². The lowest BCUT2D eigenvalue weighted by Gasteiger charge is -2.29. The number of carbonyl (C=O) groups is 1. The summed E-state index contributed by atoms with van der Waals surface area (Å²) in [6.45, 7) is 2.25. The number of aryl methyl sites for hydroxylation is 1. The number of ether oxygens (including phenoxy) is 1. The smallest absolute Gasteiger partial charge is 0.341 e. The molecule has 4 rings (SSSR count). The van der Waals surface area contributed by atoms with Gasteiger partial charge in [-0.25, -0.2) is 4.79 Å². The quantitative estimate of drug-likeness (QED) is 0.609. The maximum Gasteiger partial charge on any atom is 0.341 e. The number of anilines is 1. The van der Waals surface area contributed by atoms with Crippen molar-refractivity contribution in [1.29, 1.82) is 0 Å². The van der Waals surface area contributed by atoms with Gasteiger partial charge in [-0.15, -0.1) is 11.3 Å². The van der Waals surface area contributed by atoms with Gasteiger partial charge in [0.25, 0.3) is 0 Å². The molecule has 0 aromatic carbocycles.